The second kappa shape index (κ2) is 11.1. The number of rotatable bonds is 10. The van der Waals surface area contributed by atoms with Crippen LogP contribution in [0.2, 0.25) is 0 Å². The number of thioether (sulfide) groups is 1. The number of benzene rings is 2. The molecule has 0 bridgehead atoms. The molecule has 0 aliphatic heterocycles. The third-order valence-electron chi connectivity index (χ3n) is 4.32. The minimum absolute atomic E-state index is 0.104. The molecule has 10 heteroatoms. The highest BCUT2D eigenvalue weighted by molar-refractivity contribution is 8.00. The fourth-order valence-corrected chi connectivity index (χ4v) is 3.66. The molecule has 2 aromatic carbocycles. The molecule has 0 heterocycles. The average molecular weight is 445 g/mol. The fraction of sp³-hybridized carbons (Fsp3) is 0.286. The number of non-ortho nitro benzene ring substituents is 1. The van der Waals surface area contributed by atoms with Crippen molar-refractivity contribution in [3.8, 4) is 0 Å². The Balaban J connectivity index is 2.06. The summed E-state index contributed by atoms with van der Waals surface area (Å²) in [5.41, 5.74) is 1.50. The number of hydrogen-bond donors (Lipinski definition) is 3. The molecule has 0 spiro atoms. The molecule has 0 aromatic heterocycles. The lowest BCUT2D eigenvalue weighted by atomic mass is 10.1. The maximum atomic E-state index is 12.8. The van der Waals surface area contributed by atoms with Gasteiger partial charge in [0.05, 0.1) is 22.3 Å². The number of carbonyl (C=O) groups is 3. The van der Waals surface area contributed by atoms with Gasteiger partial charge in [-0.2, -0.15) is 0 Å². The summed E-state index contributed by atoms with van der Waals surface area (Å²) >= 11 is 1.30. The van der Waals surface area contributed by atoms with E-state index >= 15 is 0 Å². The lowest BCUT2D eigenvalue weighted by Gasteiger charge is -2.16. The number of aliphatic carboxylic acids is 1. The first kappa shape index (κ1) is 23.9. The van der Waals surface area contributed by atoms with Gasteiger partial charge in [0.2, 0.25) is 11.8 Å². The van der Waals surface area contributed by atoms with Crippen LogP contribution in [0.5, 0.6) is 0 Å². The van der Waals surface area contributed by atoms with Crippen molar-refractivity contribution in [1.29, 1.82) is 0 Å². The zero-order chi connectivity index (χ0) is 23.0. The molecule has 0 aliphatic carbocycles. The van der Waals surface area contributed by atoms with Gasteiger partial charge in [-0.3, -0.25) is 24.5 Å². The Hall–Kier alpha value is -3.40. The van der Waals surface area contributed by atoms with Gasteiger partial charge in [0.25, 0.3) is 5.69 Å². The van der Waals surface area contributed by atoms with Gasteiger partial charge in [0.15, 0.2) is 0 Å². The lowest BCUT2D eigenvalue weighted by Crippen LogP contribution is -2.25. The number of nitrogens with one attached hydrogen (secondary N) is 2. The number of carbonyl (C=O) groups excluding carboxylic acids is 2. The second-order valence-corrected chi connectivity index (χ2v) is 8.01. The van der Waals surface area contributed by atoms with E-state index in [1.165, 1.54) is 23.9 Å². The van der Waals surface area contributed by atoms with Crippen molar-refractivity contribution in [3.63, 3.8) is 0 Å². The van der Waals surface area contributed by atoms with Crippen LogP contribution in [0.1, 0.15) is 31.7 Å². The maximum absolute atomic E-state index is 12.8. The number of nitro groups is 1. The topological polar surface area (TPSA) is 139 Å². The molecule has 2 amide bonds. The zero-order valence-electron chi connectivity index (χ0n) is 17.1. The van der Waals surface area contributed by atoms with Crippen molar-refractivity contribution in [2.24, 2.45) is 0 Å². The molecule has 0 aliphatic rings. The van der Waals surface area contributed by atoms with E-state index in [-0.39, 0.29) is 24.4 Å². The van der Waals surface area contributed by atoms with E-state index in [4.69, 9.17) is 5.11 Å². The molecule has 31 heavy (non-hydrogen) atoms. The molecular formula is C21H23N3O6S. The second-order valence-electron chi connectivity index (χ2n) is 6.73. The number of carboxylic acid groups (broad SMARTS) is 1. The van der Waals surface area contributed by atoms with Gasteiger partial charge in [0.1, 0.15) is 0 Å². The third kappa shape index (κ3) is 7.41. The molecule has 2 aromatic rings. The van der Waals surface area contributed by atoms with E-state index < -0.39 is 22.0 Å². The zero-order valence-corrected chi connectivity index (χ0v) is 17.9. The van der Waals surface area contributed by atoms with E-state index in [0.717, 1.165) is 4.90 Å². The molecule has 0 saturated heterocycles. The van der Waals surface area contributed by atoms with E-state index in [2.05, 4.69) is 10.6 Å². The number of amides is 2. The Morgan fingerprint density at radius 3 is 2.52 bits per heavy atom. The predicted octanol–water partition coefficient (Wildman–Crippen LogP) is 4.22. The molecule has 0 radical (unpaired) electrons. The van der Waals surface area contributed by atoms with Crippen LogP contribution in [0.4, 0.5) is 17.1 Å². The number of nitro benzene ring substituents is 1. The van der Waals surface area contributed by atoms with E-state index in [1.807, 2.05) is 6.92 Å². The summed E-state index contributed by atoms with van der Waals surface area (Å²) in [4.78, 5) is 46.4. The Morgan fingerprint density at radius 2 is 1.87 bits per heavy atom. The number of anilines is 2. The average Bonchev–Trinajstić information content (AvgIpc) is 2.72. The van der Waals surface area contributed by atoms with Crippen LogP contribution >= 0.6 is 11.8 Å². The molecule has 164 valence electrons. The molecule has 1 unspecified atom stereocenters. The van der Waals surface area contributed by atoms with Crippen LogP contribution in [0, 0.1) is 17.0 Å². The summed E-state index contributed by atoms with van der Waals surface area (Å²) in [5, 5.41) is 24.6. The van der Waals surface area contributed by atoms with Crippen molar-refractivity contribution in [2.75, 3.05) is 10.6 Å². The smallest absolute Gasteiger partial charge is 0.303 e. The molecular weight excluding hydrogens is 422 g/mol. The minimum Gasteiger partial charge on any atom is -0.481 e. The minimum atomic E-state index is -1.05. The summed E-state index contributed by atoms with van der Waals surface area (Å²) in [5.74, 6) is -1.74. The van der Waals surface area contributed by atoms with Gasteiger partial charge in [0, 0.05) is 29.1 Å². The maximum Gasteiger partial charge on any atom is 0.303 e. The van der Waals surface area contributed by atoms with Gasteiger partial charge < -0.3 is 15.7 Å². The molecule has 1 atom stereocenters. The highest BCUT2D eigenvalue weighted by Gasteiger charge is 2.20. The van der Waals surface area contributed by atoms with Gasteiger partial charge in [-0.15, -0.1) is 11.8 Å². The predicted molar refractivity (Wildman–Crippen MR) is 118 cm³/mol. The van der Waals surface area contributed by atoms with E-state index in [9.17, 15) is 24.5 Å². The summed E-state index contributed by atoms with van der Waals surface area (Å²) in [6.45, 7) is 3.61. The molecule has 2 rings (SSSR count). The summed E-state index contributed by atoms with van der Waals surface area (Å²) in [7, 11) is 0. The van der Waals surface area contributed by atoms with Gasteiger partial charge in [-0.05, 0) is 37.1 Å². The summed E-state index contributed by atoms with van der Waals surface area (Å²) < 4.78 is 0. The SMILES string of the molecule is CCC(Sc1cccc(NC(=O)CCC(=O)O)c1)C(=O)Nc1cc([N+](=O)[O-])ccc1C. The third-order valence-corrected chi connectivity index (χ3v) is 5.67. The monoisotopic (exact) mass is 445 g/mol. The number of carboxylic acids is 1. The Morgan fingerprint density at radius 1 is 1.13 bits per heavy atom. The van der Waals surface area contributed by atoms with Crippen molar-refractivity contribution in [1.82, 2.24) is 0 Å². The van der Waals surface area contributed by atoms with Crippen molar-refractivity contribution in [2.45, 2.75) is 43.3 Å². The first-order chi connectivity index (χ1) is 14.7. The van der Waals surface area contributed by atoms with Gasteiger partial charge >= 0.3 is 5.97 Å². The van der Waals surface area contributed by atoms with E-state index in [0.29, 0.717) is 23.4 Å². The van der Waals surface area contributed by atoms with Crippen molar-refractivity contribution in [3.05, 3.63) is 58.1 Å². The summed E-state index contributed by atoms with van der Waals surface area (Å²) in [6.07, 6.45) is 0.129. The quantitative estimate of drug-likeness (QED) is 0.283. The van der Waals surface area contributed by atoms with E-state index in [1.54, 1.807) is 37.3 Å². The van der Waals surface area contributed by atoms with Gasteiger partial charge in [-0.1, -0.05) is 19.1 Å². The highest BCUT2D eigenvalue weighted by Crippen LogP contribution is 2.29. The molecule has 9 nitrogen and oxygen atoms in total. The van der Waals surface area contributed by atoms with Crippen molar-refractivity contribution < 1.29 is 24.4 Å². The first-order valence-electron chi connectivity index (χ1n) is 9.54. The van der Waals surface area contributed by atoms with Crippen LogP contribution in [0.15, 0.2) is 47.4 Å². The molecule has 0 fully saturated rings. The number of hydrogen-bond acceptors (Lipinski definition) is 6. The van der Waals surface area contributed by atoms with Gasteiger partial charge in [-0.25, -0.2) is 0 Å². The Labute approximate surface area is 183 Å². The van der Waals surface area contributed by atoms with Crippen LogP contribution < -0.4 is 10.6 Å². The van der Waals surface area contributed by atoms with Crippen LogP contribution in [0.3, 0.4) is 0 Å². The van der Waals surface area contributed by atoms with Crippen LogP contribution in [0.25, 0.3) is 0 Å². The molecule has 0 saturated carbocycles. The molecule has 3 N–H and O–H groups in total. The summed E-state index contributed by atoms with van der Waals surface area (Å²) in [6, 6.07) is 11.2. The first-order valence-corrected chi connectivity index (χ1v) is 10.4. The largest absolute Gasteiger partial charge is 0.481 e. The van der Waals surface area contributed by atoms with Crippen molar-refractivity contribution >= 4 is 46.6 Å². The normalized spacial score (nSPS) is 11.4. The fourth-order valence-electron chi connectivity index (χ4n) is 2.65. The highest BCUT2D eigenvalue weighted by atomic mass is 32.2. The Kier molecular flexibility index (Phi) is 8.56. The number of aryl methyl sites for hydroxylation is 1. The lowest BCUT2D eigenvalue weighted by molar-refractivity contribution is -0.384. The van der Waals surface area contributed by atoms with Crippen LogP contribution in [-0.2, 0) is 14.4 Å². The van der Waals surface area contributed by atoms with Crippen LogP contribution in [-0.4, -0.2) is 33.1 Å². The number of nitrogens with zero attached hydrogens (tertiary/aromatic N) is 1. The Bertz CT molecular complexity index is 995. The standard InChI is InChI=1S/C21H23N3O6S/c1-3-18(21(28)23-17-12-15(24(29)30)8-7-13(17)2)31-16-6-4-5-14(11-16)22-19(25)9-10-20(26)27/h4-8,11-12,18H,3,9-10H2,1-2H3,(H,22,25)(H,23,28)(H,26,27).